The first kappa shape index (κ1) is 29.1. The van der Waals surface area contributed by atoms with Crippen LogP contribution in [0.15, 0.2) is 47.3 Å². The average Bonchev–Trinajstić information content (AvgIpc) is 3.26. The second-order valence-corrected chi connectivity index (χ2v) is 12.0. The van der Waals surface area contributed by atoms with Crippen LogP contribution in [0.4, 0.5) is 0 Å². The molecule has 0 aromatic rings. The van der Waals surface area contributed by atoms with Crippen LogP contribution in [0, 0.1) is 22.7 Å². The van der Waals surface area contributed by atoms with Gasteiger partial charge in [0.2, 0.25) is 0 Å². The van der Waals surface area contributed by atoms with E-state index in [4.69, 9.17) is 9.47 Å². The first-order valence-corrected chi connectivity index (χ1v) is 13.5. The second-order valence-electron chi connectivity index (χ2n) is 12.0. The number of allylic oxidation sites excluding steroid dienone is 3. The van der Waals surface area contributed by atoms with Gasteiger partial charge in [-0.15, -0.1) is 0 Å². The van der Waals surface area contributed by atoms with Gasteiger partial charge in [-0.05, 0) is 55.6 Å². The largest absolute Gasteiger partial charge is 0.423 e. The molecule has 0 spiro atoms. The Kier molecular flexibility index (Phi) is 8.41. The molecule has 4 aliphatic rings. The molecular formula is C29H42O9. The molecule has 2 aliphatic carbocycles. The molecule has 10 atom stereocenters. The number of carbonyl (C=O) groups is 1. The van der Waals surface area contributed by atoms with Crippen LogP contribution in [0.3, 0.4) is 0 Å². The summed E-state index contributed by atoms with van der Waals surface area (Å²) in [6, 6.07) is 0. The van der Waals surface area contributed by atoms with Crippen LogP contribution in [0.2, 0.25) is 0 Å². The number of carbonyl (C=O) groups excluding carboxylic acids is 1. The zero-order valence-electron chi connectivity index (χ0n) is 22.4. The molecule has 38 heavy (non-hydrogen) atoms. The van der Waals surface area contributed by atoms with Gasteiger partial charge in [0.1, 0.15) is 30.2 Å². The van der Waals surface area contributed by atoms with E-state index in [-0.39, 0.29) is 30.3 Å². The van der Waals surface area contributed by atoms with Crippen LogP contribution >= 0.6 is 0 Å². The van der Waals surface area contributed by atoms with Gasteiger partial charge >= 0.3 is 5.97 Å². The van der Waals surface area contributed by atoms with Crippen molar-refractivity contribution >= 4 is 5.97 Å². The fourth-order valence-corrected chi connectivity index (χ4v) is 7.16. The van der Waals surface area contributed by atoms with E-state index >= 15 is 0 Å². The Balaban J connectivity index is 1.54. The van der Waals surface area contributed by atoms with E-state index in [1.165, 1.54) is 0 Å². The number of rotatable bonds is 6. The molecule has 3 fully saturated rings. The van der Waals surface area contributed by atoms with E-state index in [0.717, 1.165) is 24.8 Å². The number of cyclic esters (lactones) is 1. The van der Waals surface area contributed by atoms with Crippen LogP contribution in [0.1, 0.15) is 52.9 Å². The third-order valence-corrected chi connectivity index (χ3v) is 9.67. The molecule has 2 saturated carbocycles. The van der Waals surface area contributed by atoms with E-state index in [9.17, 15) is 35.4 Å². The Hall–Kier alpha value is -1.85. The molecule has 0 bridgehead atoms. The number of ether oxygens (including phenoxy) is 2. The van der Waals surface area contributed by atoms with Crippen LogP contribution in [0.25, 0.3) is 0 Å². The highest BCUT2D eigenvalue weighted by atomic mass is 16.5. The molecule has 9 heteroatoms. The second kappa shape index (κ2) is 11.0. The van der Waals surface area contributed by atoms with Crippen molar-refractivity contribution in [3.05, 3.63) is 47.3 Å². The summed E-state index contributed by atoms with van der Waals surface area (Å²) in [6.07, 6.45) is 1.79. The van der Waals surface area contributed by atoms with Gasteiger partial charge in [0.25, 0.3) is 0 Å². The summed E-state index contributed by atoms with van der Waals surface area (Å²) in [6.45, 7) is 9.59. The summed E-state index contributed by atoms with van der Waals surface area (Å²) in [5, 5.41) is 60.7. The minimum Gasteiger partial charge on any atom is -0.423 e. The minimum absolute atomic E-state index is 0.0310. The van der Waals surface area contributed by atoms with Crippen LogP contribution in [-0.4, -0.2) is 86.4 Å². The normalized spacial score (nSPS) is 45.1. The predicted octanol–water partition coefficient (Wildman–Crippen LogP) is 1.27. The average molecular weight is 535 g/mol. The standard InChI is InChI=1S/C29H42O9/c1-15-5-8-22-28(3,10-9-23(32)29(22,4)14-31)18(15)7-6-17-12-19(38-27(17)36)16(2)11-20-24(33)26(35)25(34)21(13-30)37-20/h6-7,12,18,20-26,30-35H,1,5,8-11,13-14H2,2-4H3/b7-6+,19-16+/t18-,20+,21-,22?,23-,24+,25-,26-,28+,29+/m1/s1. The first-order valence-electron chi connectivity index (χ1n) is 13.5. The maximum absolute atomic E-state index is 12.7. The monoisotopic (exact) mass is 534 g/mol. The fraction of sp³-hybridized carbons (Fsp3) is 0.690. The molecule has 0 amide bonds. The van der Waals surface area contributed by atoms with Crippen molar-refractivity contribution < 1.29 is 44.9 Å². The van der Waals surface area contributed by atoms with Crippen molar-refractivity contribution in [3.63, 3.8) is 0 Å². The molecule has 1 unspecified atom stereocenters. The smallest absolute Gasteiger partial charge is 0.343 e. The van der Waals surface area contributed by atoms with Gasteiger partial charge < -0.3 is 40.1 Å². The van der Waals surface area contributed by atoms with Crippen molar-refractivity contribution in [1.29, 1.82) is 0 Å². The van der Waals surface area contributed by atoms with Gasteiger partial charge in [-0.3, -0.25) is 0 Å². The topological polar surface area (TPSA) is 157 Å². The molecule has 0 radical (unpaired) electrons. The summed E-state index contributed by atoms with van der Waals surface area (Å²) < 4.78 is 11.1. The maximum Gasteiger partial charge on any atom is 0.343 e. The Morgan fingerprint density at radius 1 is 1.11 bits per heavy atom. The lowest BCUT2D eigenvalue weighted by molar-refractivity contribution is -0.228. The predicted molar refractivity (Wildman–Crippen MR) is 138 cm³/mol. The molecule has 1 saturated heterocycles. The van der Waals surface area contributed by atoms with Crippen LogP contribution < -0.4 is 0 Å². The summed E-state index contributed by atoms with van der Waals surface area (Å²) in [7, 11) is 0. The van der Waals surface area contributed by atoms with Gasteiger partial charge in [0.05, 0.1) is 31.0 Å². The molecule has 212 valence electrons. The van der Waals surface area contributed by atoms with Crippen molar-refractivity contribution in [2.75, 3.05) is 13.2 Å². The van der Waals surface area contributed by atoms with E-state index in [2.05, 4.69) is 13.5 Å². The molecule has 6 N–H and O–H groups in total. The van der Waals surface area contributed by atoms with Crippen molar-refractivity contribution in [1.82, 2.24) is 0 Å². The number of hydrogen-bond acceptors (Lipinski definition) is 9. The van der Waals surface area contributed by atoms with Crippen LogP contribution in [-0.2, 0) is 14.3 Å². The zero-order valence-corrected chi connectivity index (χ0v) is 22.4. The number of hydrogen-bond donors (Lipinski definition) is 6. The summed E-state index contributed by atoms with van der Waals surface area (Å²) >= 11 is 0. The van der Waals surface area contributed by atoms with E-state index in [1.807, 2.05) is 13.0 Å². The molecule has 2 aliphatic heterocycles. The molecule has 9 nitrogen and oxygen atoms in total. The third-order valence-electron chi connectivity index (χ3n) is 9.67. The maximum atomic E-state index is 12.7. The van der Waals surface area contributed by atoms with Gasteiger partial charge in [0.15, 0.2) is 0 Å². The third kappa shape index (κ3) is 4.94. The van der Waals surface area contributed by atoms with Crippen LogP contribution in [0.5, 0.6) is 0 Å². The Morgan fingerprint density at radius 3 is 2.45 bits per heavy atom. The first-order chi connectivity index (χ1) is 17.9. The van der Waals surface area contributed by atoms with Gasteiger partial charge in [0, 0.05) is 17.8 Å². The number of esters is 1. The Morgan fingerprint density at radius 2 is 1.79 bits per heavy atom. The molecular weight excluding hydrogens is 492 g/mol. The molecule has 0 aromatic heterocycles. The molecule has 4 rings (SSSR count). The zero-order chi connectivity index (χ0) is 28.0. The number of aliphatic hydroxyl groups excluding tert-OH is 6. The quantitative estimate of drug-likeness (QED) is 0.218. The summed E-state index contributed by atoms with van der Waals surface area (Å²) in [4.78, 5) is 12.7. The number of fused-ring (bicyclic) bond motifs is 1. The van der Waals surface area contributed by atoms with Crippen molar-refractivity contribution in [2.24, 2.45) is 22.7 Å². The number of aliphatic hydroxyl groups is 6. The van der Waals surface area contributed by atoms with Crippen molar-refractivity contribution in [2.45, 2.75) is 89.5 Å². The van der Waals surface area contributed by atoms with Crippen molar-refractivity contribution in [3.8, 4) is 0 Å². The van der Waals surface area contributed by atoms with E-state index < -0.39 is 54.6 Å². The minimum atomic E-state index is -1.47. The highest BCUT2D eigenvalue weighted by Crippen LogP contribution is 2.61. The fourth-order valence-electron chi connectivity index (χ4n) is 7.16. The van der Waals surface area contributed by atoms with Gasteiger partial charge in [-0.2, -0.15) is 0 Å². The van der Waals surface area contributed by atoms with E-state index in [1.54, 1.807) is 19.1 Å². The Labute approximate surface area is 223 Å². The van der Waals surface area contributed by atoms with Gasteiger partial charge in [-0.25, -0.2) is 4.79 Å². The highest BCUT2D eigenvalue weighted by molar-refractivity contribution is 5.95. The Bertz CT molecular complexity index is 1030. The van der Waals surface area contributed by atoms with Gasteiger partial charge in [-0.1, -0.05) is 38.2 Å². The molecule has 0 aromatic carbocycles. The highest BCUT2D eigenvalue weighted by Gasteiger charge is 2.57. The summed E-state index contributed by atoms with van der Waals surface area (Å²) in [5.74, 6) is -0.111. The lowest BCUT2D eigenvalue weighted by atomic mass is 9.46. The van der Waals surface area contributed by atoms with E-state index in [0.29, 0.717) is 23.3 Å². The molecule has 2 heterocycles. The SMILES string of the molecule is C=C1CCC2[C@](C)(CO)[C@H](O)CC[C@@]2(C)[C@@H]1/C=C/C1=CC(=C(/C)C[C@@H]2O[C@H](CO)[C@@H](O)[C@H](O)[C@H]2O)/OC1=O. The lowest BCUT2D eigenvalue weighted by Crippen LogP contribution is -2.58. The summed E-state index contributed by atoms with van der Waals surface area (Å²) in [5.41, 5.74) is 1.23. The lowest BCUT2D eigenvalue weighted by Gasteiger charge is -2.59.